The first kappa shape index (κ1) is 16.5. The van der Waals surface area contributed by atoms with Gasteiger partial charge < -0.3 is 15.0 Å². The zero-order valence-electron chi connectivity index (χ0n) is 15.4. The van der Waals surface area contributed by atoms with Gasteiger partial charge in [0.05, 0.1) is 34.8 Å². The molecule has 2 aromatic rings. The third kappa shape index (κ3) is 2.45. The van der Waals surface area contributed by atoms with Crippen LogP contribution in [0.15, 0.2) is 6.07 Å². The molecule has 0 bridgehead atoms. The predicted octanol–water partition coefficient (Wildman–Crippen LogP) is 1.03. The number of carbonyl (C=O) groups is 1. The summed E-state index contributed by atoms with van der Waals surface area (Å²) in [4.78, 5) is 19.8. The molecule has 1 amide bonds. The summed E-state index contributed by atoms with van der Waals surface area (Å²) in [6.45, 7) is 4.61. The summed E-state index contributed by atoms with van der Waals surface area (Å²) in [5.74, 6) is 0.360. The molecule has 25 heavy (non-hydrogen) atoms. The van der Waals surface area contributed by atoms with Gasteiger partial charge in [-0.3, -0.25) is 9.48 Å². The molecule has 1 saturated carbocycles. The van der Waals surface area contributed by atoms with Gasteiger partial charge in [-0.2, -0.15) is 5.10 Å². The number of fused-ring (bicyclic) bond motifs is 2. The highest BCUT2D eigenvalue weighted by atomic mass is 16.5. The van der Waals surface area contributed by atoms with E-state index in [9.17, 15) is 4.79 Å². The Balaban J connectivity index is 1.67. The first-order valence-electron chi connectivity index (χ1n) is 8.78. The highest BCUT2D eigenvalue weighted by Crippen LogP contribution is 2.41. The Labute approximate surface area is 147 Å². The standard InChI is InChI=1S/C18H25N5O2/c1-9-8-12(13-10(2)21-23(5)17(13)19-9)18(24)20-14-11-6-7-25-16(11)15(14)22(3)4/h8,11,14-16H,6-7H2,1-5H3,(H,20,24)/t11-,14+,15-,16-/m1/s1. The van der Waals surface area contributed by atoms with E-state index in [2.05, 4.69) is 20.3 Å². The van der Waals surface area contributed by atoms with E-state index in [1.807, 2.05) is 41.1 Å². The largest absolute Gasteiger partial charge is 0.376 e. The molecule has 7 heteroatoms. The normalized spacial score (nSPS) is 28.2. The van der Waals surface area contributed by atoms with Crippen molar-refractivity contribution in [2.24, 2.45) is 13.0 Å². The molecule has 3 heterocycles. The minimum absolute atomic E-state index is 0.0474. The summed E-state index contributed by atoms with van der Waals surface area (Å²) in [5.41, 5.74) is 3.06. The second-order valence-corrected chi connectivity index (χ2v) is 7.46. The number of nitrogens with zero attached hydrogens (tertiary/aromatic N) is 4. The number of hydrogen-bond acceptors (Lipinski definition) is 5. The monoisotopic (exact) mass is 343 g/mol. The molecular formula is C18H25N5O2. The van der Waals surface area contributed by atoms with Gasteiger partial charge in [0, 0.05) is 25.3 Å². The van der Waals surface area contributed by atoms with Gasteiger partial charge in [-0.1, -0.05) is 0 Å². The van der Waals surface area contributed by atoms with E-state index < -0.39 is 0 Å². The van der Waals surface area contributed by atoms with Gasteiger partial charge in [0.1, 0.15) is 0 Å². The molecule has 7 nitrogen and oxygen atoms in total. The van der Waals surface area contributed by atoms with Crippen molar-refractivity contribution < 1.29 is 9.53 Å². The van der Waals surface area contributed by atoms with Crippen molar-refractivity contribution in [2.75, 3.05) is 20.7 Å². The molecule has 1 aliphatic carbocycles. The lowest BCUT2D eigenvalue weighted by Crippen LogP contribution is -2.69. The Morgan fingerprint density at radius 1 is 1.40 bits per heavy atom. The van der Waals surface area contributed by atoms with Gasteiger partial charge in [0.25, 0.3) is 5.91 Å². The van der Waals surface area contributed by atoms with Crippen molar-refractivity contribution in [3.8, 4) is 0 Å². The van der Waals surface area contributed by atoms with Crippen molar-refractivity contribution in [1.29, 1.82) is 0 Å². The topological polar surface area (TPSA) is 72.3 Å². The summed E-state index contributed by atoms with van der Waals surface area (Å²) >= 11 is 0. The van der Waals surface area contributed by atoms with Crippen LogP contribution in [0.25, 0.3) is 11.0 Å². The Bertz CT molecular complexity index is 844. The third-order valence-corrected chi connectivity index (χ3v) is 5.58. The minimum atomic E-state index is -0.0474. The molecular weight excluding hydrogens is 318 g/mol. The molecule has 1 saturated heterocycles. The van der Waals surface area contributed by atoms with Gasteiger partial charge in [-0.15, -0.1) is 0 Å². The van der Waals surface area contributed by atoms with Gasteiger partial charge in [-0.05, 0) is 40.4 Å². The molecule has 0 aromatic carbocycles. The second-order valence-electron chi connectivity index (χ2n) is 7.46. The van der Waals surface area contributed by atoms with Crippen LogP contribution in [-0.2, 0) is 11.8 Å². The first-order chi connectivity index (χ1) is 11.9. The number of nitrogens with one attached hydrogen (secondary N) is 1. The van der Waals surface area contributed by atoms with E-state index in [1.54, 1.807) is 4.68 Å². The fraction of sp³-hybridized carbons (Fsp3) is 0.611. The molecule has 0 radical (unpaired) electrons. The summed E-state index contributed by atoms with van der Waals surface area (Å²) in [7, 11) is 5.95. The van der Waals surface area contributed by atoms with Crippen LogP contribution in [0, 0.1) is 19.8 Å². The number of likely N-dealkylation sites (N-methyl/N-ethyl adjacent to an activating group) is 1. The van der Waals surface area contributed by atoms with Crippen LogP contribution in [0.2, 0.25) is 0 Å². The average molecular weight is 343 g/mol. The number of aryl methyl sites for hydroxylation is 3. The van der Waals surface area contributed by atoms with E-state index in [-0.39, 0.29) is 24.1 Å². The summed E-state index contributed by atoms with van der Waals surface area (Å²) < 4.78 is 7.58. The number of ether oxygens (including phenoxy) is 1. The number of amides is 1. The van der Waals surface area contributed by atoms with Crippen LogP contribution in [0.4, 0.5) is 0 Å². The number of aromatic nitrogens is 3. The fourth-order valence-corrected chi connectivity index (χ4v) is 4.46. The maximum Gasteiger partial charge on any atom is 0.252 e. The van der Waals surface area contributed by atoms with E-state index in [0.717, 1.165) is 35.4 Å². The summed E-state index contributed by atoms with van der Waals surface area (Å²) in [5, 5.41) is 8.53. The first-order valence-corrected chi connectivity index (χ1v) is 8.78. The van der Waals surface area contributed by atoms with Crippen LogP contribution in [0.3, 0.4) is 0 Å². The smallest absolute Gasteiger partial charge is 0.252 e. The highest BCUT2D eigenvalue weighted by Gasteiger charge is 2.55. The lowest BCUT2D eigenvalue weighted by atomic mass is 9.71. The van der Waals surface area contributed by atoms with Crippen LogP contribution in [0.1, 0.15) is 28.2 Å². The van der Waals surface area contributed by atoms with Gasteiger partial charge in [-0.25, -0.2) is 4.98 Å². The maximum absolute atomic E-state index is 13.1. The zero-order chi connectivity index (χ0) is 17.9. The third-order valence-electron chi connectivity index (χ3n) is 5.58. The molecule has 4 rings (SSSR count). The zero-order valence-corrected chi connectivity index (χ0v) is 15.4. The van der Waals surface area contributed by atoms with Crippen molar-refractivity contribution in [1.82, 2.24) is 25.0 Å². The van der Waals surface area contributed by atoms with E-state index in [1.165, 1.54) is 0 Å². The molecule has 1 aliphatic heterocycles. The number of rotatable bonds is 3. The van der Waals surface area contributed by atoms with Crippen molar-refractivity contribution in [2.45, 2.75) is 38.5 Å². The quantitative estimate of drug-likeness (QED) is 0.901. The second kappa shape index (κ2) is 5.78. The molecule has 2 fully saturated rings. The molecule has 1 N–H and O–H groups in total. The lowest BCUT2D eigenvalue weighted by molar-refractivity contribution is -0.0664. The van der Waals surface area contributed by atoms with Crippen LogP contribution in [-0.4, -0.2) is 64.5 Å². The van der Waals surface area contributed by atoms with E-state index in [4.69, 9.17) is 4.74 Å². The van der Waals surface area contributed by atoms with E-state index in [0.29, 0.717) is 11.5 Å². The van der Waals surface area contributed by atoms with Crippen LogP contribution < -0.4 is 5.32 Å². The van der Waals surface area contributed by atoms with Crippen molar-refractivity contribution >= 4 is 16.9 Å². The number of hydrogen-bond donors (Lipinski definition) is 1. The number of pyridine rings is 1. The van der Waals surface area contributed by atoms with Crippen molar-refractivity contribution in [3.63, 3.8) is 0 Å². The lowest BCUT2D eigenvalue weighted by Gasteiger charge is -2.50. The minimum Gasteiger partial charge on any atom is -0.376 e. The Morgan fingerprint density at radius 3 is 2.88 bits per heavy atom. The Kier molecular flexibility index (Phi) is 3.81. The summed E-state index contributed by atoms with van der Waals surface area (Å²) in [6.07, 6.45) is 1.25. The Morgan fingerprint density at radius 2 is 2.16 bits per heavy atom. The molecule has 2 aromatic heterocycles. The highest BCUT2D eigenvalue weighted by molar-refractivity contribution is 6.06. The van der Waals surface area contributed by atoms with Gasteiger partial charge in [0.2, 0.25) is 0 Å². The average Bonchev–Trinajstić information content (AvgIpc) is 3.05. The van der Waals surface area contributed by atoms with Crippen LogP contribution >= 0.6 is 0 Å². The Hall–Kier alpha value is -1.99. The number of carbonyl (C=O) groups excluding carboxylic acids is 1. The molecule has 0 unspecified atom stereocenters. The molecule has 4 atom stereocenters. The summed E-state index contributed by atoms with van der Waals surface area (Å²) in [6, 6.07) is 2.21. The van der Waals surface area contributed by atoms with Gasteiger partial charge >= 0.3 is 0 Å². The maximum atomic E-state index is 13.1. The fourth-order valence-electron chi connectivity index (χ4n) is 4.46. The predicted molar refractivity (Wildman–Crippen MR) is 94.6 cm³/mol. The molecule has 2 aliphatic rings. The SMILES string of the molecule is Cc1cc(C(=O)N[C@H]2[C@H]3CCO[C@H]3[C@@H]2N(C)C)c2c(C)nn(C)c2n1. The van der Waals surface area contributed by atoms with E-state index >= 15 is 0 Å². The van der Waals surface area contributed by atoms with Crippen molar-refractivity contribution in [3.05, 3.63) is 23.0 Å². The molecule has 0 spiro atoms. The van der Waals surface area contributed by atoms with Gasteiger partial charge in [0.15, 0.2) is 5.65 Å². The molecule has 134 valence electrons. The van der Waals surface area contributed by atoms with Crippen LogP contribution in [0.5, 0.6) is 0 Å².